The molecule has 140 valence electrons. The first-order valence-electron chi connectivity index (χ1n) is 8.85. The second kappa shape index (κ2) is 7.43. The molecule has 0 aliphatic rings. The Kier molecular flexibility index (Phi) is 4.67. The van der Waals surface area contributed by atoms with Gasteiger partial charge in [-0.3, -0.25) is 9.78 Å². The molecule has 0 saturated carbocycles. The van der Waals surface area contributed by atoms with Crippen molar-refractivity contribution in [3.05, 3.63) is 60.6 Å². The highest BCUT2D eigenvalue weighted by Gasteiger charge is 2.12. The zero-order valence-corrected chi connectivity index (χ0v) is 15.5. The number of aromatic nitrogens is 5. The van der Waals surface area contributed by atoms with Crippen molar-refractivity contribution < 1.29 is 9.53 Å². The van der Waals surface area contributed by atoms with Gasteiger partial charge >= 0.3 is 5.97 Å². The Labute approximate surface area is 161 Å². The predicted octanol–water partition coefficient (Wildman–Crippen LogP) is 3.55. The first-order valence-corrected chi connectivity index (χ1v) is 8.85. The van der Waals surface area contributed by atoms with Crippen molar-refractivity contribution in [2.75, 3.05) is 5.32 Å². The number of hydrogen-bond donors (Lipinski definition) is 1. The van der Waals surface area contributed by atoms with Crippen molar-refractivity contribution in [2.24, 2.45) is 0 Å². The van der Waals surface area contributed by atoms with Crippen LogP contribution in [0.3, 0.4) is 0 Å². The van der Waals surface area contributed by atoms with Gasteiger partial charge in [-0.05, 0) is 43.3 Å². The summed E-state index contributed by atoms with van der Waals surface area (Å²) >= 11 is 0. The molecule has 0 bridgehead atoms. The Morgan fingerprint density at radius 3 is 2.71 bits per heavy atom. The molecule has 3 aromatic heterocycles. The van der Waals surface area contributed by atoms with E-state index < -0.39 is 0 Å². The van der Waals surface area contributed by atoms with Gasteiger partial charge in [0.2, 0.25) is 0 Å². The third-order valence-electron chi connectivity index (χ3n) is 4.01. The smallest absolute Gasteiger partial charge is 0.310 e. The van der Waals surface area contributed by atoms with Gasteiger partial charge in [-0.1, -0.05) is 6.92 Å². The quantitative estimate of drug-likeness (QED) is 0.422. The van der Waals surface area contributed by atoms with Gasteiger partial charge < -0.3 is 10.1 Å². The average molecular weight is 374 g/mol. The summed E-state index contributed by atoms with van der Waals surface area (Å²) in [5.74, 6) is 2.01. The molecule has 0 fully saturated rings. The molecule has 28 heavy (non-hydrogen) atoms. The normalized spacial score (nSPS) is 10.8. The lowest BCUT2D eigenvalue weighted by molar-refractivity contribution is -0.134. The molecule has 4 rings (SSSR count). The Hall–Kier alpha value is -3.81. The number of carbonyl (C=O) groups is 1. The maximum absolute atomic E-state index is 11.4. The van der Waals surface area contributed by atoms with Crippen LogP contribution in [0.1, 0.15) is 19.0 Å². The summed E-state index contributed by atoms with van der Waals surface area (Å²) in [7, 11) is 0. The van der Waals surface area contributed by atoms with Crippen LogP contribution in [-0.2, 0) is 4.79 Å². The Balaban J connectivity index is 1.65. The van der Waals surface area contributed by atoms with E-state index in [4.69, 9.17) is 4.74 Å². The zero-order chi connectivity index (χ0) is 19.5. The zero-order valence-electron chi connectivity index (χ0n) is 15.5. The molecule has 0 aliphatic carbocycles. The molecule has 1 aromatic carbocycles. The summed E-state index contributed by atoms with van der Waals surface area (Å²) in [5.41, 5.74) is 2.45. The number of carbonyl (C=O) groups excluding carboxylic acids is 1. The van der Waals surface area contributed by atoms with Crippen LogP contribution in [0.5, 0.6) is 5.75 Å². The van der Waals surface area contributed by atoms with Crippen molar-refractivity contribution in [1.82, 2.24) is 24.6 Å². The fraction of sp³-hybridized carbons (Fsp3) is 0.150. The summed E-state index contributed by atoms with van der Waals surface area (Å²) in [6.07, 6.45) is 3.75. The van der Waals surface area contributed by atoms with E-state index in [1.165, 1.54) is 0 Å². The van der Waals surface area contributed by atoms with Crippen LogP contribution >= 0.6 is 0 Å². The van der Waals surface area contributed by atoms with E-state index in [0.29, 0.717) is 23.8 Å². The summed E-state index contributed by atoms with van der Waals surface area (Å²) in [6, 6.07) is 12.8. The van der Waals surface area contributed by atoms with E-state index >= 15 is 0 Å². The number of benzene rings is 1. The molecule has 0 saturated heterocycles. The van der Waals surface area contributed by atoms with Crippen molar-refractivity contribution in [1.29, 1.82) is 0 Å². The van der Waals surface area contributed by atoms with E-state index in [9.17, 15) is 4.79 Å². The third-order valence-corrected chi connectivity index (χ3v) is 4.01. The van der Waals surface area contributed by atoms with E-state index in [-0.39, 0.29) is 5.97 Å². The van der Waals surface area contributed by atoms with Crippen LogP contribution in [-0.4, -0.2) is 30.5 Å². The van der Waals surface area contributed by atoms with Crippen molar-refractivity contribution in [3.63, 3.8) is 0 Å². The van der Waals surface area contributed by atoms with E-state index in [1.54, 1.807) is 36.0 Å². The molecule has 4 aromatic rings. The Morgan fingerprint density at radius 1 is 1.18 bits per heavy atom. The highest BCUT2D eigenvalue weighted by atomic mass is 16.5. The molecule has 0 atom stereocenters. The minimum atomic E-state index is -0.266. The molecule has 0 spiro atoms. The molecular weight excluding hydrogens is 356 g/mol. The first kappa shape index (κ1) is 17.6. The Bertz CT molecular complexity index is 1120. The fourth-order valence-corrected chi connectivity index (χ4v) is 2.65. The Morgan fingerprint density at radius 2 is 2.00 bits per heavy atom. The summed E-state index contributed by atoms with van der Waals surface area (Å²) < 4.78 is 6.85. The molecule has 0 amide bonds. The number of esters is 1. The van der Waals surface area contributed by atoms with Gasteiger partial charge in [0, 0.05) is 41.8 Å². The van der Waals surface area contributed by atoms with Crippen molar-refractivity contribution >= 4 is 23.3 Å². The van der Waals surface area contributed by atoms with E-state index in [2.05, 4.69) is 25.4 Å². The lowest BCUT2D eigenvalue weighted by atomic mass is 10.3. The number of hydrogen-bond acceptors (Lipinski definition) is 7. The summed E-state index contributed by atoms with van der Waals surface area (Å²) in [6.45, 7) is 3.66. The standard InChI is InChI=1S/C20H18N6O2/c1-3-18(27)28-16-8-6-15(7-9-16)23-17-11-13(2)22-20-24-19(25-26(17)20)14-5-4-10-21-12-14/h4-12,23H,3H2,1-2H3. The fourth-order valence-electron chi connectivity index (χ4n) is 2.65. The predicted molar refractivity (Wildman–Crippen MR) is 104 cm³/mol. The van der Waals surface area contributed by atoms with Crippen LogP contribution in [0.2, 0.25) is 0 Å². The van der Waals surface area contributed by atoms with Crippen LogP contribution in [0.25, 0.3) is 17.2 Å². The topological polar surface area (TPSA) is 94.3 Å². The van der Waals surface area contributed by atoms with Gasteiger partial charge in [0.15, 0.2) is 5.82 Å². The second-order valence-corrected chi connectivity index (χ2v) is 6.15. The highest BCUT2D eigenvalue weighted by Crippen LogP contribution is 2.23. The monoisotopic (exact) mass is 374 g/mol. The average Bonchev–Trinajstić information content (AvgIpc) is 3.14. The van der Waals surface area contributed by atoms with Gasteiger partial charge in [-0.15, -0.1) is 5.10 Å². The number of nitrogens with one attached hydrogen (secondary N) is 1. The number of ether oxygens (including phenoxy) is 1. The molecule has 8 nitrogen and oxygen atoms in total. The molecule has 0 unspecified atom stereocenters. The molecule has 1 N–H and O–H groups in total. The van der Waals surface area contributed by atoms with Gasteiger partial charge in [-0.25, -0.2) is 4.98 Å². The number of rotatable bonds is 5. The van der Waals surface area contributed by atoms with E-state index in [0.717, 1.165) is 22.8 Å². The van der Waals surface area contributed by atoms with E-state index in [1.807, 2.05) is 37.3 Å². The van der Waals surface area contributed by atoms with Gasteiger partial charge in [0.25, 0.3) is 5.78 Å². The molecule has 3 heterocycles. The first-order chi connectivity index (χ1) is 13.6. The maximum atomic E-state index is 11.4. The van der Waals surface area contributed by atoms with Gasteiger partial charge in [-0.2, -0.15) is 9.50 Å². The largest absolute Gasteiger partial charge is 0.427 e. The molecular formula is C20H18N6O2. The summed E-state index contributed by atoms with van der Waals surface area (Å²) in [5, 5.41) is 7.87. The molecule has 0 aliphatic heterocycles. The van der Waals surface area contributed by atoms with Crippen molar-refractivity contribution in [2.45, 2.75) is 20.3 Å². The number of fused-ring (bicyclic) bond motifs is 1. The number of nitrogens with zero attached hydrogens (tertiary/aromatic N) is 5. The van der Waals surface area contributed by atoms with Crippen LogP contribution in [0.15, 0.2) is 54.9 Å². The number of pyridine rings is 1. The van der Waals surface area contributed by atoms with Gasteiger partial charge in [0.1, 0.15) is 11.6 Å². The molecule has 0 radical (unpaired) electrons. The minimum Gasteiger partial charge on any atom is -0.427 e. The lowest BCUT2D eigenvalue weighted by Gasteiger charge is -2.09. The third kappa shape index (κ3) is 3.66. The summed E-state index contributed by atoms with van der Waals surface area (Å²) in [4.78, 5) is 24.5. The van der Waals surface area contributed by atoms with Crippen molar-refractivity contribution in [3.8, 4) is 17.1 Å². The lowest BCUT2D eigenvalue weighted by Crippen LogP contribution is -2.05. The minimum absolute atomic E-state index is 0.266. The second-order valence-electron chi connectivity index (χ2n) is 6.15. The van der Waals surface area contributed by atoms with Crippen LogP contribution in [0, 0.1) is 6.92 Å². The SMILES string of the molecule is CCC(=O)Oc1ccc(Nc2cc(C)nc3nc(-c4cccnc4)nn23)cc1. The number of anilines is 2. The van der Waals surface area contributed by atoms with Crippen LogP contribution < -0.4 is 10.1 Å². The highest BCUT2D eigenvalue weighted by molar-refractivity contribution is 5.72. The number of aryl methyl sites for hydroxylation is 1. The maximum Gasteiger partial charge on any atom is 0.310 e. The van der Waals surface area contributed by atoms with Gasteiger partial charge in [0.05, 0.1) is 0 Å². The molecule has 8 heteroatoms. The van der Waals surface area contributed by atoms with Crippen LogP contribution in [0.4, 0.5) is 11.5 Å².